The molecular formula is C15H20BrNO2. The normalized spacial score (nSPS) is 14.5. The summed E-state index contributed by atoms with van der Waals surface area (Å²) in [4.78, 5) is 13.9. The maximum Gasteiger partial charge on any atom is 0.410 e. The minimum Gasteiger partial charge on any atom is -0.444 e. The molecule has 3 nitrogen and oxygen atoms in total. The van der Waals surface area contributed by atoms with Crippen LogP contribution in [0.4, 0.5) is 4.79 Å². The number of fused-ring (bicyclic) bond motifs is 1. The van der Waals surface area contributed by atoms with E-state index in [1.54, 1.807) is 4.90 Å². The fourth-order valence-electron chi connectivity index (χ4n) is 2.32. The lowest BCUT2D eigenvalue weighted by Gasteiger charge is -2.24. The van der Waals surface area contributed by atoms with Gasteiger partial charge in [0.15, 0.2) is 0 Å². The van der Waals surface area contributed by atoms with E-state index >= 15 is 0 Å². The molecule has 0 aromatic heterocycles. The monoisotopic (exact) mass is 325 g/mol. The largest absolute Gasteiger partial charge is 0.444 e. The number of alkyl halides is 1. The number of carbonyl (C=O) groups is 1. The summed E-state index contributed by atoms with van der Waals surface area (Å²) in [6.07, 6.45) is -0.233. The van der Waals surface area contributed by atoms with Gasteiger partial charge in [0.25, 0.3) is 0 Å². The quantitative estimate of drug-likeness (QED) is 0.726. The van der Waals surface area contributed by atoms with Gasteiger partial charge in [-0.05, 0) is 49.9 Å². The lowest BCUT2D eigenvalue weighted by molar-refractivity contribution is 0.0241. The van der Waals surface area contributed by atoms with Crippen LogP contribution < -0.4 is 0 Å². The van der Waals surface area contributed by atoms with Crippen molar-refractivity contribution in [1.82, 2.24) is 4.90 Å². The SMILES string of the molecule is Cc1cc(CBr)cc2c1CN(C(=O)OC(C)(C)C)C2. The summed E-state index contributed by atoms with van der Waals surface area (Å²) in [6.45, 7) is 9.07. The van der Waals surface area contributed by atoms with Crippen molar-refractivity contribution in [1.29, 1.82) is 0 Å². The number of hydrogen-bond donors (Lipinski definition) is 0. The van der Waals surface area contributed by atoms with Crippen LogP contribution in [0.1, 0.15) is 43.0 Å². The molecule has 1 aromatic rings. The van der Waals surface area contributed by atoms with E-state index in [0.717, 1.165) is 5.33 Å². The van der Waals surface area contributed by atoms with Gasteiger partial charge < -0.3 is 4.74 Å². The Morgan fingerprint density at radius 2 is 2.05 bits per heavy atom. The molecule has 0 N–H and O–H groups in total. The van der Waals surface area contributed by atoms with Crippen LogP contribution in [-0.2, 0) is 23.2 Å². The summed E-state index contributed by atoms with van der Waals surface area (Å²) in [7, 11) is 0. The first-order valence-electron chi connectivity index (χ1n) is 6.45. The van der Waals surface area contributed by atoms with Crippen molar-refractivity contribution in [2.75, 3.05) is 0 Å². The molecule has 1 heterocycles. The van der Waals surface area contributed by atoms with E-state index in [4.69, 9.17) is 4.74 Å². The number of ether oxygens (including phenoxy) is 1. The van der Waals surface area contributed by atoms with Crippen LogP contribution >= 0.6 is 15.9 Å². The second-order valence-electron chi connectivity index (χ2n) is 6.02. The highest BCUT2D eigenvalue weighted by atomic mass is 79.9. The van der Waals surface area contributed by atoms with Crippen LogP contribution in [0.2, 0.25) is 0 Å². The Bertz CT molecular complexity index is 506. The predicted octanol–water partition coefficient (Wildman–Crippen LogP) is 4.14. The number of carbonyl (C=O) groups excluding carboxylic acids is 1. The van der Waals surface area contributed by atoms with Gasteiger partial charge in [0.2, 0.25) is 0 Å². The first-order valence-corrected chi connectivity index (χ1v) is 7.57. The summed E-state index contributed by atoms with van der Waals surface area (Å²) in [5, 5.41) is 0.841. The molecule has 104 valence electrons. The van der Waals surface area contributed by atoms with Gasteiger partial charge in [-0.2, -0.15) is 0 Å². The summed E-state index contributed by atoms with van der Waals surface area (Å²) in [5.74, 6) is 0. The predicted molar refractivity (Wildman–Crippen MR) is 79.3 cm³/mol. The zero-order chi connectivity index (χ0) is 14.2. The van der Waals surface area contributed by atoms with Gasteiger partial charge >= 0.3 is 6.09 Å². The highest BCUT2D eigenvalue weighted by Gasteiger charge is 2.28. The molecule has 1 aliphatic heterocycles. The van der Waals surface area contributed by atoms with Gasteiger partial charge in [-0.3, -0.25) is 4.90 Å². The summed E-state index contributed by atoms with van der Waals surface area (Å²) < 4.78 is 5.43. The molecule has 0 saturated heterocycles. The Labute approximate surface area is 123 Å². The third-order valence-electron chi connectivity index (χ3n) is 3.14. The summed E-state index contributed by atoms with van der Waals surface area (Å²) in [6, 6.07) is 4.34. The van der Waals surface area contributed by atoms with Gasteiger partial charge in [-0.25, -0.2) is 4.79 Å². The Morgan fingerprint density at radius 1 is 1.37 bits per heavy atom. The molecule has 0 unspecified atom stereocenters. The van der Waals surface area contributed by atoms with E-state index in [9.17, 15) is 4.79 Å². The van der Waals surface area contributed by atoms with Gasteiger partial charge in [-0.15, -0.1) is 0 Å². The van der Waals surface area contributed by atoms with Crippen LogP contribution in [0, 0.1) is 6.92 Å². The smallest absolute Gasteiger partial charge is 0.410 e. The lowest BCUT2D eigenvalue weighted by Crippen LogP contribution is -2.33. The molecule has 19 heavy (non-hydrogen) atoms. The van der Waals surface area contributed by atoms with Crippen LogP contribution in [-0.4, -0.2) is 16.6 Å². The third kappa shape index (κ3) is 3.30. The number of benzene rings is 1. The molecule has 0 spiro atoms. The Balaban J connectivity index is 2.16. The second kappa shape index (κ2) is 5.16. The minimum absolute atomic E-state index is 0.233. The molecule has 0 bridgehead atoms. The number of nitrogens with zero attached hydrogens (tertiary/aromatic N) is 1. The van der Waals surface area contributed by atoms with Gasteiger partial charge in [0, 0.05) is 18.4 Å². The molecule has 0 saturated carbocycles. The maximum absolute atomic E-state index is 12.1. The minimum atomic E-state index is -0.443. The number of aryl methyl sites for hydroxylation is 1. The third-order valence-corrected chi connectivity index (χ3v) is 3.79. The Hall–Kier alpha value is -1.03. The fraction of sp³-hybridized carbons (Fsp3) is 0.533. The molecule has 0 radical (unpaired) electrons. The molecule has 1 amide bonds. The van der Waals surface area contributed by atoms with E-state index < -0.39 is 5.60 Å². The molecule has 4 heteroatoms. The Morgan fingerprint density at radius 3 is 2.63 bits per heavy atom. The second-order valence-corrected chi connectivity index (χ2v) is 6.58. The first kappa shape index (κ1) is 14.4. The van der Waals surface area contributed by atoms with Crippen LogP contribution in [0.15, 0.2) is 12.1 Å². The van der Waals surface area contributed by atoms with Crippen LogP contribution in [0.5, 0.6) is 0 Å². The highest BCUT2D eigenvalue weighted by Crippen LogP contribution is 2.29. The molecule has 0 fully saturated rings. The number of hydrogen-bond acceptors (Lipinski definition) is 2. The topological polar surface area (TPSA) is 29.5 Å². The summed E-state index contributed by atoms with van der Waals surface area (Å²) >= 11 is 3.48. The van der Waals surface area contributed by atoms with Crippen molar-refractivity contribution < 1.29 is 9.53 Å². The number of rotatable bonds is 1. The molecule has 0 atom stereocenters. The average molecular weight is 326 g/mol. The van der Waals surface area contributed by atoms with Crippen LogP contribution in [0.3, 0.4) is 0 Å². The first-order chi connectivity index (χ1) is 8.80. The zero-order valence-electron chi connectivity index (χ0n) is 11.9. The van der Waals surface area contributed by atoms with E-state index in [-0.39, 0.29) is 6.09 Å². The number of amides is 1. The van der Waals surface area contributed by atoms with E-state index in [1.165, 1.54) is 22.3 Å². The van der Waals surface area contributed by atoms with Crippen molar-refractivity contribution >= 4 is 22.0 Å². The highest BCUT2D eigenvalue weighted by molar-refractivity contribution is 9.08. The van der Waals surface area contributed by atoms with E-state index in [0.29, 0.717) is 13.1 Å². The standard InChI is InChI=1S/C15H20BrNO2/c1-10-5-11(7-16)6-12-8-17(9-13(10)12)14(18)19-15(2,3)4/h5-6H,7-9H2,1-4H3. The molecule has 2 rings (SSSR count). The fourth-order valence-corrected chi connectivity index (χ4v) is 2.65. The van der Waals surface area contributed by atoms with Crippen molar-refractivity contribution in [3.63, 3.8) is 0 Å². The van der Waals surface area contributed by atoms with Crippen LogP contribution in [0.25, 0.3) is 0 Å². The van der Waals surface area contributed by atoms with Gasteiger partial charge in [0.05, 0.1) is 0 Å². The van der Waals surface area contributed by atoms with E-state index in [1.807, 2.05) is 20.8 Å². The summed E-state index contributed by atoms with van der Waals surface area (Å²) in [5.41, 5.74) is 4.55. The lowest BCUT2D eigenvalue weighted by atomic mass is 10.0. The number of halogens is 1. The molecule has 1 aliphatic rings. The Kier molecular flexibility index (Phi) is 3.90. The zero-order valence-corrected chi connectivity index (χ0v) is 13.5. The van der Waals surface area contributed by atoms with E-state index in [2.05, 4.69) is 35.0 Å². The molecule has 1 aromatic carbocycles. The van der Waals surface area contributed by atoms with Gasteiger partial charge in [-0.1, -0.05) is 28.1 Å². The van der Waals surface area contributed by atoms with Crippen molar-refractivity contribution in [3.8, 4) is 0 Å². The van der Waals surface area contributed by atoms with Crippen molar-refractivity contribution in [3.05, 3.63) is 34.4 Å². The average Bonchev–Trinajstić information content (AvgIpc) is 2.71. The van der Waals surface area contributed by atoms with Gasteiger partial charge in [0.1, 0.15) is 5.60 Å². The van der Waals surface area contributed by atoms with Crippen molar-refractivity contribution in [2.24, 2.45) is 0 Å². The maximum atomic E-state index is 12.1. The molecular weight excluding hydrogens is 306 g/mol. The molecule has 0 aliphatic carbocycles. The van der Waals surface area contributed by atoms with Crippen molar-refractivity contribution in [2.45, 2.75) is 51.7 Å².